The van der Waals surface area contributed by atoms with Crippen LogP contribution in [0, 0.1) is 6.92 Å². The highest BCUT2D eigenvalue weighted by Crippen LogP contribution is 2.35. The normalized spacial score (nSPS) is 11.5. The molecule has 0 aliphatic rings. The van der Waals surface area contributed by atoms with Crippen molar-refractivity contribution >= 4 is 49.2 Å². The maximum atomic E-state index is 12.0. The number of halogens is 3. The van der Waals surface area contributed by atoms with Crippen molar-refractivity contribution in [2.75, 3.05) is 13.2 Å². The molecule has 0 aliphatic heterocycles. The van der Waals surface area contributed by atoms with Crippen LogP contribution in [0.2, 0.25) is 10.0 Å². The summed E-state index contributed by atoms with van der Waals surface area (Å²) in [6.07, 6.45) is 0.369. The molecule has 130 valence electrons. The lowest BCUT2D eigenvalue weighted by molar-refractivity contribution is 0.251. The number of ether oxygens (including phenoxy) is 1. The van der Waals surface area contributed by atoms with Gasteiger partial charge in [-0.15, -0.1) is 0 Å². The Bertz CT molecular complexity index is 784. The van der Waals surface area contributed by atoms with Crippen molar-refractivity contribution in [1.82, 2.24) is 0 Å². The highest BCUT2D eigenvalue weighted by molar-refractivity contribution is 9.10. The summed E-state index contributed by atoms with van der Waals surface area (Å²) in [5.41, 5.74) is 0.977. The molecule has 4 nitrogen and oxygen atoms in total. The molecule has 2 rings (SSSR count). The maximum absolute atomic E-state index is 12.0. The SMILES string of the molecule is Cc1ccc(S(=O)(=O)OCCCOc2c(Cl)cc(Br)cc2Cl)cc1. The summed E-state index contributed by atoms with van der Waals surface area (Å²) in [7, 11) is -3.76. The van der Waals surface area contributed by atoms with Gasteiger partial charge < -0.3 is 4.74 Å². The van der Waals surface area contributed by atoms with Crippen LogP contribution in [-0.4, -0.2) is 21.6 Å². The fourth-order valence-corrected chi connectivity index (χ4v) is 4.10. The van der Waals surface area contributed by atoms with Crippen molar-refractivity contribution in [2.45, 2.75) is 18.2 Å². The molecule has 0 aliphatic carbocycles. The molecule has 0 aromatic heterocycles. The second-order valence-electron chi connectivity index (χ2n) is 4.99. The first-order valence-electron chi connectivity index (χ1n) is 7.03. The number of hydrogen-bond donors (Lipinski definition) is 0. The van der Waals surface area contributed by atoms with Crippen LogP contribution in [0.15, 0.2) is 45.8 Å². The molecule has 0 saturated heterocycles. The minimum atomic E-state index is -3.76. The third kappa shape index (κ3) is 5.36. The Kier molecular flexibility index (Phi) is 6.95. The van der Waals surface area contributed by atoms with Crippen molar-refractivity contribution < 1.29 is 17.3 Å². The predicted octanol–water partition coefficient (Wildman–Crippen LogP) is 5.24. The van der Waals surface area contributed by atoms with Gasteiger partial charge in [-0.05, 0) is 31.2 Å². The zero-order valence-corrected chi connectivity index (χ0v) is 16.7. The van der Waals surface area contributed by atoms with E-state index in [2.05, 4.69) is 15.9 Å². The monoisotopic (exact) mass is 452 g/mol. The summed E-state index contributed by atoms with van der Waals surface area (Å²) in [6.45, 7) is 2.11. The molecule has 0 saturated carbocycles. The van der Waals surface area contributed by atoms with Gasteiger partial charge in [0.25, 0.3) is 10.1 Å². The molecule has 0 spiro atoms. The van der Waals surface area contributed by atoms with Gasteiger partial charge in [0.05, 0.1) is 28.2 Å². The van der Waals surface area contributed by atoms with Crippen LogP contribution in [0.25, 0.3) is 0 Å². The van der Waals surface area contributed by atoms with Crippen LogP contribution in [0.1, 0.15) is 12.0 Å². The van der Waals surface area contributed by atoms with Gasteiger partial charge in [-0.25, -0.2) is 0 Å². The lowest BCUT2D eigenvalue weighted by Crippen LogP contribution is -2.10. The molecule has 0 atom stereocenters. The van der Waals surface area contributed by atoms with Crippen LogP contribution in [-0.2, 0) is 14.3 Å². The Morgan fingerprint density at radius 2 is 1.62 bits per heavy atom. The number of aryl methyl sites for hydroxylation is 1. The first kappa shape index (κ1) is 19.5. The van der Waals surface area contributed by atoms with E-state index < -0.39 is 10.1 Å². The largest absolute Gasteiger partial charge is 0.490 e. The maximum Gasteiger partial charge on any atom is 0.296 e. The molecule has 8 heteroatoms. The highest BCUT2D eigenvalue weighted by atomic mass is 79.9. The average Bonchev–Trinajstić information content (AvgIpc) is 2.49. The van der Waals surface area contributed by atoms with Crippen molar-refractivity contribution in [3.8, 4) is 5.75 Å². The van der Waals surface area contributed by atoms with Crippen molar-refractivity contribution in [3.63, 3.8) is 0 Å². The van der Waals surface area contributed by atoms with Crippen LogP contribution in [0.3, 0.4) is 0 Å². The summed E-state index contributed by atoms with van der Waals surface area (Å²) in [5.74, 6) is 0.364. The molecule has 0 heterocycles. The van der Waals surface area contributed by atoms with E-state index in [-0.39, 0.29) is 18.1 Å². The fourth-order valence-electron chi connectivity index (χ4n) is 1.84. The van der Waals surface area contributed by atoms with Gasteiger partial charge in [0.1, 0.15) is 0 Å². The third-order valence-electron chi connectivity index (χ3n) is 3.05. The summed E-state index contributed by atoms with van der Waals surface area (Å²) in [5, 5.41) is 0.755. The number of benzene rings is 2. The Hall–Kier alpha value is -0.790. The molecule has 0 fully saturated rings. The van der Waals surface area contributed by atoms with Gasteiger partial charge in [-0.3, -0.25) is 4.18 Å². The summed E-state index contributed by atoms with van der Waals surface area (Å²) < 4.78 is 35.3. The molecule has 0 bridgehead atoms. The highest BCUT2D eigenvalue weighted by Gasteiger charge is 2.15. The van der Waals surface area contributed by atoms with Crippen molar-refractivity contribution in [2.24, 2.45) is 0 Å². The van der Waals surface area contributed by atoms with E-state index in [4.69, 9.17) is 32.1 Å². The lowest BCUT2D eigenvalue weighted by atomic mass is 10.2. The quantitative estimate of drug-likeness (QED) is 0.425. The third-order valence-corrected chi connectivity index (χ3v) is 5.39. The van der Waals surface area contributed by atoms with E-state index in [9.17, 15) is 8.42 Å². The fraction of sp³-hybridized carbons (Fsp3) is 0.250. The summed E-state index contributed by atoms with van der Waals surface area (Å²) >= 11 is 15.4. The zero-order chi connectivity index (χ0) is 17.7. The summed E-state index contributed by atoms with van der Waals surface area (Å²) in [4.78, 5) is 0.132. The van der Waals surface area contributed by atoms with Crippen LogP contribution in [0.5, 0.6) is 5.75 Å². The van der Waals surface area contributed by atoms with E-state index in [1.54, 1.807) is 24.3 Å². The molecule has 24 heavy (non-hydrogen) atoms. The minimum Gasteiger partial charge on any atom is -0.490 e. The summed E-state index contributed by atoms with van der Waals surface area (Å²) in [6, 6.07) is 9.81. The lowest BCUT2D eigenvalue weighted by Gasteiger charge is -2.10. The molecule has 0 amide bonds. The van der Waals surface area contributed by atoms with Gasteiger partial charge in [0, 0.05) is 10.9 Å². The van der Waals surface area contributed by atoms with E-state index in [1.165, 1.54) is 12.1 Å². The zero-order valence-electron chi connectivity index (χ0n) is 12.8. The molecule has 2 aromatic rings. The topological polar surface area (TPSA) is 52.6 Å². The Morgan fingerprint density at radius 1 is 1.04 bits per heavy atom. The minimum absolute atomic E-state index is 0.00196. The second kappa shape index (κ2) is 8.54. The van der Waals surface area contributed by atoms with Crippen LogP contribution >= 0.6 is 39.1 Å². The number of rotatable bonds is 7. The molecule has 0 N–H and O–H groups in total. The van der Waals surface area contributed by atoms with E-state index in [0.717, 1.165) is 10.0 Å². The second-order valence-corrected chi connectivity index (χ2v) is 8.34. The van der Waals surface area contributed by atoms with Crippen LogP contribution < -0.4 is 4.74 Å². The first-order valence-corrected chi connectivity index (χ1v) is 9.99. The van der Waals surface area contributed by atoms with Gasteiger partial charge >= 0.3 is 0 Å². The number of hydrogen-bond acceptors (Lipinski definition) is 4. The van der Waals surface area contributed by atoms with Crippen molar-refractivity contribution in [3.05, 3.63) is 56.5 Å². The van der Waals surface area contributed by atoms with Crippen molar-refractivity contribution in [1.29, 1.82) is 0 Å². The van der Waals surface area contributed by atoms with Gasteiger partial charge in [-0.1, -0.05) is 56.8 Å². The van der Waals surface area contributed by atoms with E-state index >= 15 is 0 Å². The Morgan fingerprint density at radius 3 is 2.21 bits per heavy atom. The molecule has 2 aromatic carbocycles. The van der Waals surface area contributed by atoms with Gasteiger partial charge in [0.15, 0.2) is 5.75 Å². The molecule has 0 radical (unpaired) electrons. The van der Waals surface area contributed by atoms with Gasteiger partial charge in [-0.2, -0.15) is 8.42 Å². The smallest absolute Gasteiger partial charge is 0.296 e. The van der Waals surface area contributed by atoms with E-state index in [0.29, 0.717) is 22.2 Å². The van der Waals surface area contributed by atoms with Crippen LogP contribution in [0.4, 0.5) is 0 Å². The standard InChI is InChI=1S/C16H15BrCl2O4S/c1-11-3-5-13(6-4-11)24(20,21)23-8-2-7-22-16-14(18)9-12(17)10-15(16)19/h3-6,9-10H,2,7-8H2,1H3. The Labute approximate surface area is 159 Å². The van der Waals surface area contributed by atoms with E-state index in [1.807, 2.05) is 6.92 Å². The molecular formula is C16H15BrCl2O4S. The molecular weight excluding hydrogens is 439 g/mol. The Balaban J connectivity index is 1.84. The predicted molar refractivity (Wildman–Crippen MR) is 98.6 cm³/mol. The average molecular weight is 454 g/mol. The first-order chi connectivity index (χ1) is 11.3. The molecule has 0 unspecified atom stereocenters. The van der Waals surface area contributed by atoms with Gasteiger partial charge in [0.2, 0.25) is 0 Å².